The molecule has 0 N–H and O–H groups in total. The normalized spacial score (nSPS) is 14.9. The molecule has 0 unspecified atom stereocenters. The van der Waals surface area contributed by atoms with Gasteiger partial charge in [-0.1, -0.05) is 122 Å². The van der Waals surface area contributed by atoms with Gasteiger partial charge in [-0.2, -0.15) is 0 Å². The fourth-order valence-corrected chi connectivity index (χ4v) is 6.51. The molecule has 0 saturated heterocycles. The maximum absolute atomic E-state index is 5.88. The maximum atomic E-state index is 5.88. The molecule has 0 radical (unpaired) electrons. The molecule has 1 aliphatic carbocycles. The summed E-state index contributed by atoms with van der Waals surface area (Å²) < 4.78 is 5.88. The molecule has 0 atom stereocenters. The number of rotatable bonds is 20. The molecule has 1 heterocycles. The second-order valence-electron chi connectivity index (χ2n) is 12.4. The van der Waals surface area contributed by atoms with Crippen molar-refractivity contribution in [2.45, 2.75) is 156 Å². The number of nitrogens with zero attached hydrogens (tertiary/aromatic N) is 2. The number of benzene rings is 1. The SMILES string of the molecule is CCCCCCCCCC1(CCc2ccc(-c3ncc(OCCCCCCCC)cn3)cc2C)CCCCC1. The Kier molecular flexibility index (Phi) is 15.0. The summed E-state index contributed by atoms with van der Waals surface area (Å²) in [6.07, 6.45) is 32.4. The van der Waals surface area contributed by atoms with Gasteiger partial charge < -0.3 is 4.74 Å². The zero-order valence-electron chi connectivity index (χ0n) is 25.7. The second-order valence-corrected chi connectivity index (χ2v) is 12.4. The molecule has 1 aromatic heterocycles. The Morgan fingerprint density at radius 2 is 1.33 bits per heavy atom. The van der Waals surface area contributed by atoms with E-state index in [1.807, 2.05) is 12.4 Å². The molecular formula is C36H58N2O. The first-order valence-electron chi connectivity index (χ1n) is 16.7. The van der Waals surface area contributed by atoms with Crippen LogP contribution in [0.2, 0.25) is 0 Å². The first-order valence-corrected chi connectivity index (χ1v) is 16.7. The molecule has 3 rings (SSSR count). The van der Waals surface area contributed by atoms with Crippen molar-refractivity contribution >= 4 is 0 Å². The van der Waals surface area contributed by atoms with E-state index >= 15 is 0 Å². The van der Waals surface area contributed by atoms with E-state index in [2.05, 4.69) is 48.9 Å². The predicted molar refractivity (Wildman–Crippen MR) is 168 cm³/mol. The minimum absolute atomic E-state index is 0.585. The van der Waals surface area contributed by atoms with Gasteiger partial charge in [0.05, 0.1) is 19.0 Å². The molecule has 218 valence electrons. The molecule has 0 amide bonds. The molecule has 3 nitrogen and oxygen atoms in total. The van der Waals surface area contributed by atoms with Gasteiger partial charge in [0.15, 0.2) is 11.6 Å². The monoisotopic (exact) mass is 534 g/mol. The number of aryl methyl sites for hydroxylation is 2. The Bertz CT molecular complexity index is 901. The van der Waals surface area contributed by atoms with Crippen LogP contribution in [-0.4, -0.2) is 16.6 Å². The highest BCUT2D eigenvalue weighted by molar-refractivity contribution is 5.57. The van der Waals surface area contributed by atoms with Crippen LogP contribution in [-0.2, 0) is 6.42 Å². The number of ether oxygens (including phenoxy) is 1. The van der Waals surface area contributed by atoms with Gasteiger partial charge in [0.1, 0.15) is 0 Å². The molecule has 1 aromatic carbocycles. The average Bonchev–Trinajstić information content (AvgIpc) is 2.96. The van der Waals surface area contributed by atoms with E-state index in [1.165, 1.54) is 140 Å². The highest BCUT2D eigenvalue weighted by atomic mass is 16.5. The van der Waals surface area contributed by atoms with E-state index in [-0.39, 0.29) is 0 Å². The van der Waals surface area contributed by atoms with Gasteiger partial charge in [0.25, 0.3) is 0 Å². The fraction of sp³-hybridized carbons (Fsp3) is 0.722. The lowest BCUT2D eigenvalue weighted by Gasteiger charge is -2.38. The summed E-state index contributed by atoms with van der Waals surface area (Å²) in [5.74, 6) is 1.57. The molecule has 2 aromatic rings. The van der Waals surface area contributed by atoms with Crippen LogP contribution in [0.1, 0.15) is 153 Å². The molecule has 3 heteroatoms. The standard InChI is InChI=1S/C36H58N2O/c1-4-6-8-10-12-13-16-23-36(24-17-15-18-25-36)26-22-32-20-21-33(28-31(32)3)35-37-29-34(30-38-35)39-27-19-14-11-9-7-5-2/h20-21,28-30H,4-19,22-27H2,1-3H3. The van der Waals surface area contributed by atoms with Crippen LogP contribution in [0.5, 0.6) is 5.75 Å². The lowest BCUT2D eigenvalue weighted by molar-refractivity contribution is 0.152. The van der Waals surface area contributed by atoms with Crippen molar-refractivity contribution in [2.24, 2.45) is 5.41 Å². The lowest BCUT2D eigenvalue weighted by atomic mass is 9.67. The van der Waals surface area contributed by atoms with Crippen molar-refractivity contribution in [1.82, 2.24) is 9.97 Å². The zero-order chi connectivity index (χ0) is 27.6. The number of hydrogen-bond acceptors (Lipinski definition) is 3. The van der Waals surface area contributed by atoms with Crippen LogP contribution in [0.4, 0.5) is 0 Å². The van der Waals surface area contributed by atoms with Crippen LogP contribution >= 0.6 is 0 Å². The zero-order valence-corrected chi connectivity index (χ0v) is 25.7. The van der Waals surface area contributed by atoms with Crippen molar-refractivity contribution in [3.05, 3.63) is 41.7 Å². The molecule has 1 aliphatic rings. The fourth-order valence-electron chi connectivity index (χ4n) is 6.51. The maximum Gasteiger partial charge on any atom is 0.159 e. The quantitative estimate of drug-likeness (QED) is 0.158. The van der Waals surface area contributed by atoms with Gasteiger partial charge in [-0.3, -0.25) is 0 Å². The highest BCUT2D eigenvalue weighted by Gasteiger charge is 2.31. The van der Waals surface area contributed by atoms with Crippen molar-refractivity contribution in [3.8, 4) is 17.1 Å². The predicted octanol–water partition coefficient (Wildman–Crippen LogP) is 11.2. The Labute approximate surface area is 241 Å². The molecule has 0 bridgehead atoms. The van der Waals surface area contributed by atoms with E-state index in [9.17, 15) is 0 Å². The Morgan fingerprint density at radius 1 is 0.718 bits per heavy atom. The molecule has 1 saturated carbocycles. The Balaban J connectivity index is 1.46. The van der Waals surface area contributed by atoms with Crippen molar-refractivity contribution in [3.63, 3.8) is 0 Å². The summed E-state index contributed by atoms with van der Waals surface area (Å²) >= 11 is 0. The second kappa shape index (κ2) is 18.4. The van der Waals surface area contributed by atoms with Crippen LogP contribution in [0.25, 0.3) is 11.4 Å². The Morgan fingerprint density at radius 3 is 1.97 bits per heavy atom. The van der Waals surface area contributed by atoms with Gasteiger partial charge >= 0.3 is 0 Å². The van der Waals surface area contributed by atoms with Crippen molar-refractivity contribution < 1.29 is 4.74 Å². The van der Waals surface area contributed by atoms with E-state index in [4.69, 9.17) is 4.74 Å². The first-order chi connectivity index (χ1) is 19.2. The average molecular weight is 535 g/mol. The molecule has 0 spiro atoms. The number of unbranched alkanes of at least 4 members (excludes halogenated alkanes) is 11. The van der Waals surface area contributed by atoms with Crippen molar-refractivity contribution in [1.29, 1.82) is 0 Å². The smallest absolute Gasteiger partial charge is 0.159 e. The third kappa shape index (κ3) is 11.6. The van der Waals surface area contributed by atoms with E-state index in [0.717, 1.165) is 30.2 Å². The minimum atomic E-state index is 0.585. The summed E-state index contributed by atoms with van der Waals surface area (Å²) in [5, 5.41) is 0. The topological polar surface area (TPSA) is 35.0 Å². The van der Waals surface area contributed by atoms with Gasteiger partial charge in [-0.15, -0.1) is 0 Å². The molecular weight excluding hydrogens is 476 g/mol. The largest absolute Gasteiger partial charge is 0.490 e. The van der Waals surface area contributed by atoms with Crippen LogP contribution < -0.4 is 4.74 Å². The summed E-state index contributed by atoms with van der Waals surface area (Å²) in [5.41, 5.74) is 4.57. The number of hydrogen-bond donors (Lipinski definition) is 0. The summed E-state index contributed by atoms with van der Waals surface area (Å²) in [7, 11) is 0. The summed E-state index contributed by atoms with van der Waals surface area (Å²) in [4.78, 5) is 9.24. The van der Waals surface area contributed by atoms with Gasteiger partial charge in [0, 0.05) is 5.56 Å². The third-order valence-corrected chi connectivity index (χ3v) is 9.15. The minimum Gasteiger partial charge on any atom is -0.490 e. The molecule has 1 fully saturated rings. The molecule has 39 heavy (non-hydrogen) atoms. The van der Waals surface area contributed by atoms with E-state index in [1.54, 1.807) is 0 Å². The van der Waals surface area contributed by atoms with Crippen LogP contribution in [0.15, 0.2) is 30.6 Å². The lowest BCUT2D eigenvalue weighted by Crippen LogP contribution is -2.25. The highest BCUT2D eigenvalue weighted by Crippen LogP contribution is 2.44. The number of aromatic nitrogens is 2. The van der Waals surface area contributed by atoms with Crippen LogP contribution in [0, 0.1) is 12.3 Å². The summed E-state index contributed by atoms with van der Waals surface area (Å²) in [6, 6.07) is 6.84. The molecule has 0 aliphatic heterocycles. The third-order valence-electron chi connectivity index (χ3n) is 9.15. The van der Waals surface area contributed by atoms with E-state index in [0.29, 0.717) is 5.41 Å². The first kappa shape index (κ1) is 31.6. The van der Waals surface area contributed by atoms with Gasteiger partial charge in [-0.25, -0.2) is 9.97 Å². The van der Waals surface area contributed by atoms with Crippen LogP contribution in [0.3, 0.4) is 0 Å². The summed E-state index contributed by atoms with van der Waals surface area (Å²) in [6.45, 7) is 7.58. The van der Waals surface area contributed by atoms with Gasteiger partial charge in [-0.05, 0) is 68.1 Å². The van der Waals surface area contributed by atoms with Crippen molar-refractivity contribution in [2.75, 3.05) is 6.61 Å². The Hall–Kier alpha value is -1.90. The van der Waals surface area contributed by atoms with E-state index < -0.39 is 0 Å². The van der Waals surface area contributed by atoms with Gasteiger partial charge in [0.2, 0.25) is 0 Å².